The fraction of sp³-hybridized carbons (Fsp3) is 0.778. The summed E-state index contributed by atoms with van der Waals surface area (Å²) in [6, 6.07) is 0.111. The Morgan fingerprint density at radius 3 is 2.69 bits per heavy atom. The van der Waals surface area contributed by atoms with E-state index in [9.17, 15) is 0 Å². The molecule has 3 nitrogen and oxygen atoms in total. The van der Waals surface area contributed by atoms with Crippen LogP contribution in [0, 0.1) is 12.8 Å². The summed E-state index contributed by atoms with van der Waals surface area (Å²) >= 11 is 1.43. The quantitative estimate of drug-likeness (QED) is 0.809. The van der Waals surface area contributed by atoms with Crippen molar-refractivity contribution < 1.29 is 0 Å². The summed E-state index contributed by atoms with van der Waals surface area (Å²) in [5.74, 6) is 0.519. The first-order chi connectivity index (χ1) is 6.16. The van der Waals surface area contributed by atoms with Gasteiger partial charge in [-0.25, -0.2) is 0 Å². The van der Waals surface area contributed by atoms with Crippen LogP contribution in [0.5, 0.6) is 0 Å². The second kappa shape index (κ2) is 4.67. The first kappa shape index (κ1) is 10.6. The molecule has 4 heteroatoms. The molecule has 0 fully saturated rings. The zero-order chi connectivity index (χ0) is 9.84. The van der Waals surface area contributed by atoms with E-state index in [1.165, 1.54) is 24.4 Å². The Morgan fingerprint density at radius 1 is 1.54 bits per heavy atom. The third-order valence-electron chi connectivity index (χ3n) is 2.35. The molecule has 1 aromatic rings. The van der Waals surface area contributed by atoms with E-state index >= 15 is 0 Å². The highest BCUT2D eigenvalue weighted by molar-refractivity contribution is 7.05. The first-order valence-corrected chi connectivity index (χ1v) is 5.48. The van der Waals surface area contributed by atoms with Crippen LogP contribution in [0.2, 0.25) is 0 Å². The molecule has 0 bridgehead atoms. The molecule has 0 aromatic carbocycles. The largest absolute Gasteiger partial charge is 0.323 e. The third kappa shape index (κ3) is 2.48. The summed E-state index contributed by atoms with van der Waals surface area (Å²) in [5, 5.41) is 3.97. The summed E-state index contributed by atoms with van der Waals surface area (Å²) in [6.45, 7) is 6.34. The van der Waals surface area contributed by atoms with E-state index in [2.05, 4.69) is 23.4 Å². The van der Waals surface area contributed by atoms with Crippen molar-refractivity contribution in [3.63, 3.8) is 0 Å². The van der Waals surface area contributed by atoms with E-state index in [0.717, 1.165) is 10.6 Å². The van der Waals surface area contributed by atoms with Gasteiger partial charge in [0.2, 0.25) is 0 Å². The summed E-state index contributed by atoms with van der Waals surface area (Å²) in [6.07, 6.45) is 2.35. The molecule has 2 unspecified atom stereocenters. The normalized spacial score (nSPS) is 15.7. The fourth-order valence-electron chi connectivity index (χ4n) is 1.44. The Hall–Kier alpha value is -0.480. The van der Waals surface area contributed by atoms with Crippen molar-refractivity contribution in [1.29, 1.82) is 0 Å². The van der Waals surface area contributed by atoms with Gasteiger partial charge in [0.1, 0.15) is 0 Å². The van der Waals surface area contributed by atoms with Crippen molar-refractivity contribution in [2.24, 2.45) is 11.7 Å². The van der Waals surface area contributed by atoms with E-state index in [-0.39, 0.29) is 6.04 Å². The predicted molar refractivity (Wildman–Crippen MR) is 55.6 cm³/mol. The molecule has 1 rings (SSSR count). The van der Waals surface area contributed by atoms with Gasteiger partial charge in [0, 0.05) is 6.04 Å². The molecule has 0 amide bonds. The topological polar surface area (TPSA) is 51.8 Å². The number of rotatable bonds is 4. The van der Waals surface area contributed by atoms with Crippen LogP contribution in [-0.2, 0) is 0 Å². The molecule has 1 heterocycles. The highest BCUT2D eigenvalue weighted by Gasteiger charge is 2.18. The maximum absolute atomic E-state index is 6.10. The number of nitrogens with zero attached hydrogens (tertiary/aromatic N) is 2. The molecule has 74 valence electrons. The minimum atomic E-state index is 0.111. The Kier molecular flexibility index (Phi) is 3.81. The number of nitrogens with two attached hydrogens (primary N) is 1. The molecule has 0 aliphatic carbocycles. The van der Waals surface area contributed by atoms with Gasteiger partial charge in [-0.05, 0) is 30.8 Å². The average molecular weight is 199 g/mol. The van der Waals surface area contributed by atoms with Crippen molar-refractivity contribution in [2.75, 3.05) is 0 Å². The van der Waals surface area contributed by atoms with Crippen LogP contribution < -0.4 is 5.73 Å². The van der Waals surface area contributed by atoms with E-state index in [4.69, 9.17) is 5.73 Å². The maximum Gasteiger partial charge on any atom is 0.0772 e. The molecule has 0 aliphatic heterocycles. The van der Waals surface area contributed by atoms with Crippen molar-refractivity contribution >= 4 is 11.5 Å². The Bertz CT molecular complexity index is 259. The van der Waals surface area contributed by atoms with E-state index in [1.807, 2.05) is 6.92 Å². The molecule has 0 aliphatic rings. The summed E-state index contributed by atoms with van der Waals surface area (Å²) in [5.41, 5.74) is 7.09. The van der Waals surface area contributed by atoms with E-state index in [0.29, 0.717) is 5.92 Å². The van der Waals surface area contributed by atoms with Gasteiger partial charge in [0.05, 0.1) is 10.6 Å². The molecule has 2 atom stereocenters. The lowest BCUT2D eigenvalue weighted by Gasteiger charge is -2.17. The maximum atomic E-state index is 6.10. The van der Waals surface area contributed by atoms with Crippen LogP contribution in [0.1, 0.15) is 43.3 Å². The summed E-state index contributed by atoms with van der Waals surface area (Å²) < 4.78 is 3.90. The lowest BCUT2D eigenvalue weighted by molar-refractivity contribution is 0.437. The van der Waals surface area contributed by atoms with Gasteiger partial charge < -0.3 is 5.73 Å². The third-order valence-corrected chi connectivity index (χ3v) is 3.27. The molecule has 1 aromatic heterocycles. The van der Waals surface area contributed by atoms with Gasteiger partial charge in [0.25, 0.3) is 0 Å². The van der Waals surface area contributed by atoms with Crippen molar-refractivity contribution in [3.8, 4) is 0 Å². The lowest BCUT2D eigenvalue weighted by atomic mass is 9.96. The van der Waals surface area contributed by atoms with Crippen LogP contribution in [0.25, 0.3) is 0 Å². The molecular formula is C9H17N3S. The van der Waals surface area contributed by atoms with Gasteiger partial charge >= 0.3 is 0 Å². The van der Waals surface area contributed by atoms with Crippen LogP contribution in [0.3, 0.4) is 0 Å². The number of aromatic nitrogens is 2. The molecular weight excluding hydrogens is 182 g/mol. The molecule has 0 saturated heterocycles. The SMILES string of the molecule is CCCC(C)C(N)c1snnc1C. The molecule has 0 saturated carbocycles. The summed E-state index contributed by atoms with van der Waals surface area (Å²) in [7, 11) is 0. The lowest BCUT2D eigenvalue weighted by Crippen LogP contribution is -2.18. The average Bonchev–Trinajstić information content (AvgIpc) is 2.50. The molecule has 0 radical (unpaired) electrons. The Balaban J connectivity index is 2.67. The van der Waals surface area contributed by atoms with Gasteiger partial charge in [-0.2, -0.15) is 0 Å². The number of hydrogen-bond acceptors (Lipinski definition) is 4. The Labute approximate surface area is 83.5 Å². The predicted octanol–water partition coefficient (Wildman–Crippen LogP) is 2.28. The monoisotopic (exact) mass is 199 g/mol. The van der Waals surface area contributed by atoms with Crippen LogP contribution in [0.15, 0.2) is 0 Å². The van der Waals surface area contributed by atoms with Crippen LogP contribution in [0.4, 0.5) is 0 Å². The zero-order valence-corrected chi connectivity index (χ0v) is 9.27. The van der Waals surface area contributed by atoms with Gasteiger partial charge in [-0.3, -0.25) is 0 Å². The van der Waals surface area contributed by atoms with Crippen molar-refractivity contribution in [1.82, 2.24) is 9.59 Å². The smallest absolute Gasteiger partial charge is 0.0772 e. The van der Waals surface area contributed by atoms with Crippen LogP contribution in [-0.4, -0.2) is 9.59 Å². The first-order valence-electron chi connectivity index (χ1n) is 4.71. The van der Waals surface area contributed by atoms with Gasteiger partial charge in [-0.1, -0.05) is 24.8 Å². The van der Waals surface area contributed by atoms with Crippen molar-refractivity contribution in [2.45, 2.75) is 39.7 Å². The second-order valence-electron chi connectivity index (χ2n) is 3.51. The second-order valence-corrected chi connectivity index (χ2v) is 4.30. The number of hydrogen-bond donors (Lipinski definition) is 1. The fourth-order valence-corrected chi connectivity index (χ4v) is 2.21. The van der Waals surface area contributed by atoms with Crippen LogP contribution >= 0.6 is 11.5 Å². The standard InChI is InChI=1S/C9H17N3S/c1-4-5-6(2)8(10)9-7(3)11-12-13-9/h6,8H,4-5,10H2,1-3H3. The molecule has 13 heavy (non-hydrogen) atoms. The Morgan fingerprint density at radius 2 is 2.23 bits per heavy atom. The van der Waals surface area contributed by atoms with Gasteiger partial charge in [0.15, 0.2) is 0 Å². The molecule has 2 N–H and O–H groups in total. The highest BCUT2D eigenvalue weighted by Crippen LogP contribution is 2.26. The van der Waals surface area contributed by atoms with E-state index in [1.54, 1.807) is 0 Å². The number of aryl methyl sites for hydroxylation is 1. The minimum Gasteiger partial charge on any atom is -0.323 e. The van der Waals surface area contributed by atoms with Crippen molar-refractivity contribution in [3.05, 3.63) is 10.6 Å². The zero-order valence-electron chi connectivity index (χ0n) is 8.45. The highest BCUT2D eigenvalue weighted by atomic mass is 32.1. The van der Waals surface area contributed by atoms with E-state index < -0.39 is 0 Å². The van der Waals surface area contributed by atoms with Gasteiger partial charge in [-0.15, -0.1) is 5.10 Å². The minimum absolute atomic E-state index is 0.111. The molecule has 0 spiro atoms. The summed E-state index contributed by atoms with van der Waals surface area (Å²) in [4.78, 5) is 1.14.